The van der Waals surface area contributed by atoms with E-state index in [2.05, 4.69) is 25.4 Å². The van der Waals surface area contributed by atoms with Crippen LogP contribution in [0.15, 0.2) is 58.7 Å². The van der Waals surface area contributed by atoms with Gasteiger partial charge in [-0.1, -0.05) is 50.8 Å². The fourth-order valence-electron chi connectivity index (χ4n) is 2.42. The van der Waals surface area contributed by atoms with Crippen LogP contribution in [-0.2, 0) is 16.1 Å². The van der Waals surface area contributed by atoms with Crippen molar-refractivity contribution < 1.29 is 9.53 Å². The molecule has 23 heavy (non-hydrogen) atoms. The van der Waals surface area contributed by atoms with Crippen molar-refractivity contribution in [2.45, 2.75) is 46.6 Å². The Morgan fingerprint density at radius 2 is 1.96 bits per heavy atom. The van der Waals surface area contributed by atoms with Crippen molar-refractivity contribution in [3.05, 3.63) is 59.3 Å². The van der Waals surface area contributed by atoms with Crippen molar-refractivity contribution in [3.63, 3.8) is 0 Å². The summed E-state index contributed by atoms with van der Waals surface area (Å²) in [6.45, 7) is 10.4. The van der Waals surface area contributed by atoms with E-state index in [9.17, 15) is 4.79 Å². The van der Waals surface area contributed by atoms with E-state index in [4.69, 9.17) is 4.74 Å². The zero-order valence-corrected chi connectivity index (χ0v) is 14.3. The van der Waals surface area contributed by atoms with Crippen LogP contribution in [-0.4, -0.2) is 11.7 Å². The molecule has 0 spiro atoms. The molecule has 0 aromatic heterocycles. The Morgan fingerprint density at radius 3 is 2.52 bits per heavy atom. The molecule has 0 unspecified atom stereocenters. The number of esters is 1. The van der Waals surface area contributed by atoms with Gasteiger partial charge in [0, 0.05) is 5.71 Å². The smallest absolute Gasteiger partial charge is 0.357 e. The summed E-state index contributed by atoms with van der Waals surface area (Å²) in [4.78, 5) is 17.2. The molecule has 122 valence electrons. The molecule has 0 aliphatic heterocycles. The molecule has 0 heterocycles. The Kier molecular flexibility index (Phi) is 5.91. The minimum atomic E-state index is -0.354. The van der Waals surface area contributed by atoms with Gasteiger partial charge in [-0.3, -0.25) is 0 Å². The molecular weight excluding hydrogens is 286 g/mol. The van der Waals surface area contributed by atoms with Crippen LogP contribution in [0, 0.1) is 5.92 Å². The topological polar surface area (TPSA) is 38.7 Å². The number of benzene rings is 1. The molecule has 0 amide bonds. The van der Waals surface area contributed by atoms with Crippen molar-refractivity contribution in [2.24, 2.45) is 10.9 Å². The van der Waals surface area contributed by atoms with Gasteiger partial charge in [-0.05, 0) is 48.8 Å². The molecule has 0 radical (unpaired) electrons. The van der Waals surface area contributed by atoms with Crippen molar-refractivity contribution >= 4 is 11.7 Å². The maximum absolute atomic E-state index is 12.5. The van der Waals surface area contributed by atoms with E-state index in [1.807, 2.05) is 37.3 Å². The summed E-state index contributed by atoms with van der Waals surface area (Å²) < 4.78 is 5.47. The van der Waals surface area contributed by atoms with Crippen LogP contribution in [0.5, 0.6) is 0 Å². The first-order valence-corrected chi connectivity index (χ1v) is 8.16. The normalized spacial score (nSPS) is 17.6. The first-order chi connectivity index (χ1) is 11.0. The highest BCUT2D eigenvalue weighted by Gasteiger charge is 2.20. The highest BCUT2D eigenvalue weighted by atomic mass is 16.5. The van der Waals surface area contributed by atoms with Gasteiger partial charge in [-0.25, -0.2) is 9.79 Å². The van der Waals surface area contributed by atoms with Crippen LogP contribution >= 0.6 is 0 Å². The second-order valence-electron chi connectivity index (χ2n) is 6.26. The number of ether oxygens (including phenoxy) is 1. The van der Waals surface area contributed by atoms with Crippen LogP contribution < -0.4 is 0 Å². The van der Waals surface area contributed by atoms with E-state index in [1.165, 1.54) is 0 Å². The number of rotatable bonds is 5. The minimum Gasteiger partial charge on any atom is -0.456 e. The maximum atomic E-state index is 12.5. The lowest BCUT2D eigenvalue weighted by Crippen LogP contribution is -2.12. The molecule has 1 saturated carbocycles. The lowest BCUT2D eigenvalue weighted by Gasteiger charge is -2.12. The predicted molar refractivity (Wildman–Crippen MR) is 94.2 cm³/mol. The number of carbonyl (C=O) groups excluding carboxylic acids is 1. The van der Waals surface area contributed by atoms with Crippen LogP contribution in [0.4, 0.5) is 0 Å². The molecule has 3 heteroatoms. The second kappa shape index (κ2) is 7.91. The highest BCUT2D eigenvalue weighted by Crippen LogP contribution is 2.24. The van der Waals surface area contributed by atoms with Crippen LogP contribution in [0.1, 0.15) is 45.6 Å². The van der Waals surface area contributed by atoms with E-state index in [0.717, 1.165) is 41.7 Å². The molecule has 0 saturated heterocycles. The molecule has 0 bridgehead atoms. The highest BCUT2D eigenvalue weighted by molar-refractivity contribution is 6.04. The Balaban J connectivity index is 2.19. The largest absolute Gasteiger partial charge is 0.456 e. The summed E-state index contributed by atoms with van der Waals surface area (Å²) in [6, 6.07) is 9.69. The number of hydrogen-bond acceptors (Lipinski definition) is 3. The van der Waals surface area contributed by atoms with E-state index in [-0.39, 0.29) is 18.5 Å². The average molecular weight is 311 g/mol. The molecule has 1 aliphatic carbocycles. The molecule has 0 atom stereocenters. The second-order valence-corrected chi connectivity index (χ2v) is 6.26. The fraction of sp³-hybridized carbons (Fsp3) is 0.400. The minimum absolute atomic E-state index is 0.244. The first-order valence-electron chi connectivity index (χ1n) is 8.16. The Hall–Kier alpha value is -2.16. The zero-order chi connectivity index (χ0) is 16.8. The van der Waals surface area contributed by atoms with Gasteiger partial charge >= 0.3 is 5.97 Å². The lowest BCUT2D eigenvalue weighted by atomic mass is 10.0. The van der Waals surface area contributed by atoms with E-state index < -0.39 is 0 Å². The van der Waals surface area contributed by atoms with Gasteiger partial charge in [-0.2, -0.15) is 0 Å². The SMILES string of the molecule is C=C1CCCC1=N/C(C(=O)OCc1ccccc1)=C(\C)C(C)C. The van der Waals surface area contributed by atoms with Gasteiger partial charge in [-0.15, -0.1) is 0 Å². The van der Waals surface area contributed by atoms with Gasteiger partial charge in [0.15, 0.2) is 0 Å². The predicted octanol–water partition coefficient (Wildman–Crippen LogP) is 4.84. The Labute approximate surface area is 138 Å². The molecule has 0 N–H and O–H groups in total. The molecule has 1 aromatic rings. The number of carbonyl (C=O) groups is 1. The third-order valence-electron chi connectivity index (χ3n) is 4.19. The summed E-state index contributed by atoms with van der Waals surface area (Å²) in [5, 5.41) is 0. The van der Waals surface area contributed by atoms with Gasteiger partial charge < -0.3 is 4.74 Å². The van der Waals surface area contributed by atoms with Crippen molar-refractivity contribution in [1.82, 2.24) is 0 Å². The van der Waals surface area contributed by atoms with Crippen LogP contribution in [0.3, 0.4) is 0 Å². The Bertz CT molecular complexity index is 639. The molecule has 1 aliphatic rings. The molecule has 3 nitrogen and oxygen atoms in total. The number of allylic oxidation sites excluding steroid dienone is 2. The summed E-state index contributed by atoms with van der Waals surface area (Å²) in [7, 11) is 0. The average Bonchev–Trinajstić information content (AvgIpc) is 2.95. The maximum Gasteiger partial charge on any atom is 0.357 e. The quantitative estimate of drug-likeness (QED) is 0.576. The van der Waals surface area contributed by atoms with Gasteiger partial charge in [0.25, 0.3) is 0 Å². The number of hydrogen-bond donors (Lipinski definition) is 0. The first kappa shape index (κ1) is 17.2. The standard InChI is InChI=1S/C20H25NO2/c1-14(2)16(4)19(21-18-12-8-9-15(18)3)20(22)23-13-17-10-6-5-7-11-17/h5-7,10-11,14H,3,8-9,12-13H2,1-2,4H3/b19-16+,21-18?. The summed E-state index contributed by atoms with van der Waals surface area (Å²) in [5.74, 6) is -0.111. The summed E-state index contributed by atoms with van der Waals surface area (Å²) >= 11 is 0. The van der Waals surface area contributed by atoms with Crippen molar-refractivity contribution in [2.75, 3.05) is 0 Å². The zero-order valence-electron chi connectivity index (χ0n) is 14.3. The van der Waals surface area contributed by atoms with Crippen molar-refractivity contribution in [1.29, 1.82) is 0 Å². The van der Waals surface area contributed by atoms with Crippen LogP contribution in [0.2, 0.25) is 0 Å². The summed E-state index contributed by atoms with van der Waals surface area (Å²) in [6.07, 6.45) is 2.91. The van der Waals surface area contributed by atoms with E-state index in [0.29, 0.717) is 5.70 Å². The molecule has 1 fully saturated rings. The lowest BCUT2D eigenvalue weighted by molar-refractivity contribution is -0.140. The van der Waals surface area contributed by atoms with Gasteiger partial charge in [0.2, 0.25) is 0 Å². The number of nitrogens with zero attached hydrogens (tertiary/aromatic N) is 1. The van der Waals surface area contributed by atoms with Gasteiger partial charge in [0.1, 0.15) is 12.3 Å². The summed E-state index contributed by atoms with van der Waals surface area (Å²) in [5.41, 5.74) is 4.34. The van der Waals surface area contributed by atoms with Crippen LogP contribution in [0.25, 0.3) is 0 Å². The molecule has 1 aromatic carbocycles. The van der Waals surface area contributed by atoms with E-state index >= 15 is 0 Å². The third-order valence-corrected chi connectivity index (χ3v) is 4.19. The fourth-order valence-corrected chi connectivity index (χ4v) is 2.42. The molecule has 2 rings (SSSR count). The molecular formula is C20H25NO2. The Morgan fingerprint density at radius 1 is 1.26 bits per heavy atom. The van der Waals surface area contributed by atoms with Gasteiger partial charge in [0.05, 0.1) is 0 Å². The van der Waals surface area contributed by atoms with Crippen molar-refractivity contribution in [3.8, 4) is 0 Å². The third kappa shape index (κ3) is 4.65. The van der Waals surface area contributed by atoms with E-state index in [1.54, 1.807) is 0 Å². The number of aliphatic imine (C=N–C) groups is 1. The monoisotopic (exact) mass is 311 g/mol.